The summed E-state index contributed by atoms with van der Waals surface area (Å²) in [5.41, 5.74) is 1.02. The molecule has 174 valence electrons. The average molecular weight is 458 g/mol. The molecule has 3 atom stereocenters. The third-order valence-corrected chi connectivity index (χ3v) is 7.50. The lowest BCUT2D eigenvalue weighted by molar-refractivity contribution is -0.00862. The van der Waals surface area contributed by atoms with E-state index in [1.54, 1.807) is 17.0 Å². The van der Waals surface area contributed by atoms with E-state index in [2.05, 4.69) is 9.44 Å². The number of carbonyl (C=O) groups excluding carboxylic acids is 1. The average Bonchev–Trinajstić information content (AvgIpc) is 3.06. The van der Waals surface area contributed by atoms with Crippen LogP contribution in [0.4, 0.5) is 9.18 Å². The summed E-state index contributed by atoms with van der Waals surface area (Å²) in [7, 11) is -1.02. The molecule has 1 heterocycles. The maximum Gasteiger partial charge on any atom is 0.410 e. The Morgan fingerprint density at radius 3 is 2.58 bits per heavy atom. The van der Waals surface area contributed by atoms with E-state index >= 15 is 0 Å². The van der Waals surface area contributed by atoms with Gasteiger partial charge >= 0.3 is 6.09 Å². The molecule has 1 aliphatic heterocycles. The van der Waals surface area contributed by atoms with E-state index in [0.717, 1.165) is 31.2 Å². The van der Waals surface area contributed by atoms with Crippen molar-refractivity contribution in [1.82, 2.24) is 14.3 Å². The highest BCUT2D eigenvalue weighted by molar-refractivity contribution is 7.87. The number of nitrogens with zero attached hydrogens (tertiary/aromatic N) is 1. The second kappa shape index (κ2) is 10.2. The first-order valence-corrected chi connectivity index (χ1v) is 12.2. The summed E-state index contributed by atoms with van der Waals surface area (Å²) in [4.78, 5) is 13.9. The smallest absolute Gasteiger partial charge is 0.410 e. The number of hydrogen-bond donors (Lipinski definition) is 2. The Morgan fingerprint density at radius 2 is 1.97 bits per heavy atom. The van der Waals surface area contributed by atoms with Gasteiger partial charge < -0.3 is 9.47 Å². The van der Waals surface area contributed by atoms with Crippen molar-refractivity contribution in [1.29, 1.82) is 0 Å². The molecular formula is C21H32FN3O5S. The summed E-state index contributed by atoms with van der Waals surface area (Å²) in [6, 6.07) is 5.62. The van der Waals surface area contributed by atoms with Crippen LogP contribution in [-0.4, -0.2) is 64.4 Å². The Bertz CT molecular complexity index is 860. The molecule has 3 rings (SSSR count). The highest BCUT2D eigenvalue weighted by Gasteiger charge is 2.44. The molecule has 0 bridgehead atoms. The van der Waals surface area contributed by atoms with Crippen LogP contribution in [0.15, 0.2) is 24.3 Å². The largest absolute Gasteiger partial charge is 0.453 e. The maximum atomic E-state index is 13.5. The van der Waals surface area contributed by atoms with E-state index in [4.69, 9.17) is 9.47 Å². The van der Waals surface area contributed by atoms with E-state index < -0.39 is 28.4 Å². The van der Waals surface area contributed by atoms with E-state index in [9.17, 15) is 17.6 Å². The van der Waals surface area contributed by atoms with Gasteiger partial charge in [-0.05, 0) is 62.6 Å². The molecule has 1 saturated heterocycles. The molecule has 0 aromatic heterocycles. The topological polar surface area (TPSA) is 97.0 Å². The van der Waals surface area contributed by atoms with Crippen LogP contribution in [0.5, 0.6) is 0 Å². The van der Waals surface area contributed by atoms with Crippen LogP contribution in [0.2, 0.25) is 0 Å². The number of nitrogens with one attached hydrogen (secondary N) is 2. The summed E-state index contributed by atoms with van der Waals surface area (Å²) in [5.74, 6) is 0.0907. The van der Waals surface area contributed by atoms with Crippen LogP contribution in [0, 0.1) is 5.82 Å². The van der Waals surface area contributed by atoms with E-state index in [-0.39, 0.29) is 24.6 Å². The molecule has 2 fully saturated rings. The molecule has 1 aliphatic carbocycles. The van der Waals surface area contributed by atoms with Crippen LogP contribution in [0.1, 0.15) is 50.5 Å². The number of hydrogen-bond acceptors (Lipinski definition) is 5. The molecule has 10 heteroatoms. The normalized spacial score (nSPS) is 29.2. The lowest BCUT2D eigenvalue weighted by atomic mass is 9.82. The lowest BCUT2D eigenvalue weighted by Gasteiger charge is -2.33. The summed E-state index contributed by atoms with van der Waals surface area (Å²) < 4.78 is 53.5. The van der Waals surface area contributed by atoms with Gasteiger partial charge in [0.25, 0.3) is 10.2 Å². The molecule has 2 N–H and O–H groups in total. The third kappa shape index (κ3) is 5.94. The minimum atomic E-state index is -3.66. The molecule has 1 aromatic rings. The Hall–Kier alpha value is -1.75. The molecule has 1 saturated carbocycles. The number of ether oxygens (including phenoxy) is 2. The zero-order chi connectivity index (χ0) is 22.6. The lowest BCUT2D eigenvalue weighted by Crippen LogP contribution is -2.52. The van der Waals surface area contributed by atoms with Gasteiger partial charge in [-0.25, -0.2) is 13.9 Å². The number of amides is 1. The minimum absolute atomic E-state index is 0.0155. The molecule has 1 amide bonds. The van der Waals surface area contributed by atoms with Crippen LogP contribution >= 0.6 is 0 Å². The van der Waals surface area contributed by atoms with Gasteiger partial charge in [0.15, 0.2) is 0 Å². The number of carbonyl (C=O) groups is 1. The number of likely N-dealkylation sites (tertiary alicyclic amines) is 1. The monoisotopic (exact) mass is 457 g/mol. The highest BCUT2D eigenvalue weighted by Crippen LogP contribution is 2.35. The van der Waals surface area contributed by atoms with Crippen molar-refractivity contribution in [2.24, 2.45) is 0 Å². The number of methoxy groups -OCH3 is 1. The van der Waals surface area contributed by atoms with Crippen molar-refractivity contribution in [3.05, 3.63) is 35.6 Å². The molecule has 0 unspecified atom stereocenters. The second-order valence-electron chi connectivity index (χ2n) is 8.32. The van der Waals surface area contributed by atoms with Gasteiger partial charge in [-0.1, -0.05) is 12.1 Å². The van der Waals surface area contributed by atoms with Crippen LogP contribution in [-0.2, 0) is 19.7 Å². The van der Waals surface area contributed by atoms with Crippen molar-refractivity contribution >= 4 is 16.3 Å². The first kappa shape index (κ1) is 23.9. The van der Waals surface area contributed by atoms with Crippen molar-refractivity contribution < 1.29 is 27.1 Å². The van der Waals surface area contributed by atoms with E-state index in [1.165, 1.54) is 20.2 Å². The SMILES string of the molecule is CNS(=O)(=O)N[C@H]1C[C@@H](C)N(C(=O)OC)[C@H]1CO[C@H]1CC[C@@H](c2cccc(F)c2)CC1. The zero-order valence-electron chi connectivity index (χ0n) is 18.2. The number of rotatable bonds is 7. The van der Waals surface area contributed by atoms with E-state index in [1.807, 2.05) is 13.0 Å². The van der Waals surface area contributed by atoms with Crippen LogP contribution in [0.3, 0.4) is 0 Å². The molecule has 8 nitrogen and oxygen atoms in total. The maximum absolute atomic E-state index is 13.5. The second-order valence-corrected chi connectivity index (χ2v) is 9.97. The van der Waals surface area contributed by atoms with Gasteiger partial charge in [-0.15, -0.1) is 0 Å². The van der Waals surface area contributed by atoms with Gasteiger partial charge in [0.2, 0.25) is 0 Å². The predicted octanol–water partition coefficient (Wildman–Crippen LogP) is 2.52. The fraction of sp³-hybridized carbons (Fsp3) is 0.667. The molecule has 0 radical (unpaired) electrons. The van der Waals surface area contributed by atoms with Crippen LogP contribution in [0.25, 0.3) is 0 Å². The quantitative estimate of drug-likeness (QED) is 0.656. The first-order valence-electron chi connectivity index (χ1n) is 10.7. The van der Waals surface area contributed by atoms with Crippen molar-refractivity contribution in [3.8, 4) is 0 Å². The Labute approximate surface area is 183 Å². The standard InChI is InChI=1S/C21H32FN3O5S/c1-14-11-19(24-31(27,28)23-2)20(25(14)21(26)29-3)13-30-18-9-7-15(8-10-18)16-5-4-6-17(22)12-16/h4-6,12,14-15,18-20,23-24H,7-11,13H2,1-3H3/t14-,15-,18+,19+,20+/m1/s1. The van der Waals surface area contributed by atoms with Crippen molar-refractivity contribution in [3.63, 3.8) is 0 Å². The fourth-order valence-corrected chi connectivity index (χ4v) is 5.49. The van der Waals surface area contributed by atoms with Gasteiger partial charge in [-0.3, -0.25) is 4.90 Å². The third-order valence-electron chi connectivity index (χ3n) is 6.35. The Balaban J connectivity index is 1.61. The van der Waals surface area contributed by atoms with Crippen molar-refractivity contribution in [2.75, 3.05) is 20.8 Å². The molecular weight excluding hydrogens is 425 g/mol. The Morgan fingerprint density at radius 1 is 1.26 bits per heavy atom. The van der Waals surface area contributed by atoms with Crippen molar-refractivity contribution in [2.45, 2.75) is 69.2 Å². The van der Waals surface area contributed by atoms with Crippen LogP contribution < -0.4 is 9.44 Å². The molecule has 2 aliphatic rings. The summed E-state index contributed by atoms with van der Waals surface area (Å²) in [5, 5.41) is 0. The molecule has 1 aromatic carbocycles. The Kier molecular flexibility index (Phi) is 7.90. The fourth-order valence-electron chi connectivity index (χ4n) is 4.72. The summed E-state index contributed by atoms with van der Waals surface area (Å²) in [6.07, 6.45) is 3.43. The van der Waals surface area contributed by atoms with Gasteiger partial charge in [0.05, 0.1) is 25.9 Å². The summed E-state index contributed by atoms with van der Waals surface area (Å²) in [6.45, 7) is 2.08. The minimum Gasteiger partial charge on any atom is -0.453 e. The molecule has 31 heavy (non-hydrogen) atoms. The van der Waals surface area contributed by atoms with Gasteiger partial charge in [-0.2, -0.15) is 13.1 Å². The summed E-state index contributed by atoms with van der Waals surface area (Å²) >= 11 is 0. The molecule has 0 spiro atoms. The van der Waals surface area contributed by atoms with Gasteiger partial charge in [0, 0.05) is 19.1 Å². The van der Waals surface area contributed by atoms with Gasteiger partial charge in [0.1, 0.15) is 5.82 Å². The number of halogens is 1. The van der Waals surface area contributed by atoms with E-state index in [0.29, 0.717) is 12.3 Å². The first-order chi connectivity index (χ1) is 14.7. The zero-order valence-corrected chi connectivity index (χ0v) is 19.0. The predicted molar refractivity (Wildman–Crippen MR) is 114 cm³/mol. The highest BCUT2D eigenvalue weighted by atomic mass is 32.2. The number of benzene rings is 1.